The molecule has 6 heteroatoms. The molecule has 18 heavy (non-hydrogen) atoms. The van der Waals surface area contributed by atoms with E-state index in [-0.39, 0.29) is 5.25 Å². The average molecular weight is 277 g/mol. The molecule has 0 atom stereocenters. The Kier molecular flexibility index (Phi) is 7.14. The first kappa shape index (κ1) is 15.9. The van der Waals surface area contributed by atoms with Crippen molar-refractivity contribution in [2.24, 2.45) is 0 Å². The van der Waals surface area contributed by atoms with E-state index in [4.69, 9.17) is 0 Å². The molecule has 0 unspecified atom stereocenters. The Morgan fingerprint density at radius 2 is 1.78 bits per heavy atom. The molecular weight excluding hydrogens is 250 g/mol. The lowest BCUT2D eigenvalue weighted by molar-refractivity contribution is 0.194. The van der Waals surface area contributed by atoms with Gasteiger partial charge in [-0.3, -0.25) is 0 Å². The topological polar surface area (TPSA) is 61.4 Å². The van der Waals surface area contributed by atoms with E-state index in [0.29, 0.717) is 19.6 Å². The quantitative estimate of drug-likeness (QED) is 0.567. The average Bonchev–Trinajstić information content (AvgIpc) is 2.26. The van der Waals surface area contributed by atoms with Crippen molar-refractivity contribution in [2.45, 2.75) is 38.4 Å². The zero-order valence-corrected chi connectivity index (χ0v) is 12.4. The van der Waals surface area contributed by atoms with Crippen LogP contribution in [0.2, 0.25) is 0 Å². The van der Waals surface area contributed by atoms with Gasteiger partial charge in [0.2, 0.25) is 10.0 Å². The van der Waals surface area contributed by atoms with Crippen molar-refractivity contribution in [2.75, 3.05) is 39.3 Å². The molecule has 1 heterocycles. The standard InChI is InChI=1S/C12H27N3O2S/c1-3-13-8-6-5-7-9-14-18(16,17)12-10-15(4-2)11-12/h12-14H,3-11H2,1-2H3. The van der Waals surface area contributed by atoms with Crippen LogP contribution in [0.3, 0.4) is 0 Å². The molecule has 1 aliphatic heterocycles. The van der Waals surface area contributed by atoms with E-state index in [1.54, 1.807) is 0 Å². The summed E-state index contributed by atoms with van der Waals surface area (Å²) in [6, 6.07) is 0. The van der Waals surface area contributed by atoms with Gasteiger partial charge in [-0.05, 0) is 32.5 Å². The molecule has 5 nitrogen and oxygen atoms in total. The summed E-state index contributed by atoms with van der Waals surface area (Å²) in [7, 11) is -3.07. The van der Waals surface area contributed by atoms with Crippen LogP contribution < -0.4 is 10.0 Å². The molecule has 0 radical (unpaired) electrons. The lowest BCUT2D eigenvalue weighted by atomic mass is 10.2. The smallest absolute Gasteiger partial charge is 0.217 e. The van der Waals surface area contributed by atoms with Crippen LogP contribution in [0.4, 0.5) is 0 Å². The maximum absolute atomic E-state index is 11.9. The maximum Gasteiger partial charge on any atom is 0.217 e. The second-order valence-corrected chi connectivity index (χ2v) is 6.87. The van der Waals surface area contributed by atoms with Crippen molar-refractivity contribution in [3.05, 3.63) is 0 Å². The molecule has 108 valence electrons. The van der Waals surface area contributed by atoms with E-state index in [1.165, 1.54) is 0 Å². The van der Waals surface area contributed by atoms with Gasteiger partial charge < -0.3 is 10.2 Å². The summed E-state index contributed by atoms with van der Waals surface area (Å²) >= 11 is 0. The van der Waals surface area contributed by atoms with Gasteiger partial charge in [0.05, 0.1) is 0 Å². The van der Waals surface area contributed by atoms with Crippen LogP contribution in [-0.4, -0.2) is 57.8 Å². The number of nitrogens with zero attached hydrogens (tertiary/aromatic N) is 1. The molecule has 1 fully saturated rings. The van der Waals surface area contributed by atoms with Gasteiger partial charge in [-0.25, -0.2) is 13.1 Å². The number of nitrogens with one attached hydrogen (secondary N) is 2. The van der Waals surface area contributed by atoms with Crippen molar-refractivity contribution < 1.29 is 8.42 Å². The van der Waals surface area contributed by atoms with E-state index in [0.717, 1.165) is 38.9 Å². The highest BCUT2D eigenvalue weighted by Crippen LogP contribution is 2.14. The number of sulfonamides is 1. The zero-order valence-electron chi connectivity index (χ0n) is 11.6. The lowest BCUT2D eigenvalue weighted by Gasteiger charge is -2.37. The van der Waals surface area contributed by atoms with E-state index in [9.17, 15) is 8.42 Å². The Morgan fingerprint density at radius 1 is 1.11 bits per heavy atom. The van der Waals surface area contributed by atoms with Crippen molar-refractivity contribution in [3.8, 4) is 0 Å². The molecule has 1 saturated heterocycles. The molecule has 0 aromatic carbocycles. The first-order valence-corrected chi connectivity index (χ1v) is 8.56. The molecular formula is C12H27N3O2S. The Bertz CT molecular complexity index is 313. The second-order valence-electron chi connectivity index (χ2n) is 4.83. The molecule has 1 aliphatic rings. The third-order valence-corrected chi connectivity index (χ3v) is 5.18. The Balaban J connectivity index is 2.04. The van der Waals surface area contributed by atoms with E-state index >= 15 is 0 Å². The summed E-state index contributed by atoms with van der Waals surface area (Å²) in [6.07, 6.45) is 3.11. The van der Waals surface area contributed by atoms with Crippen molar-refractivity contribution in [3.63, 3.8) is 0 Å². The molecule has 0 saturated carbocycles. The Labute approximate surface area is 111 Å². The van der Waals surface area contributed by atoms with Gasteiger partial charge in [0.1, 0.15) is 5.25 Å². The van der Waals surface area contributed by atoms with Gasteiger partial charge in [0.25, 0.3) is 0 Å². The maximum atomic E-state index is 11.9. The normalized spacial score (nSPS) is 17.9. The second kappa shape index (κ2) is 8.09. The molecule has 0 amide bonds. The monoisotopic (exact) mass is 277 g/mol. The number of hydrogen-bond acceptors (Lipinski definition) is 4. The fourth-order valence-corrected chi connectivity index (χ4v) is 3.52. The van der Waals surface area contributed by atoms with Crippen LogP contribution in [0.1, 0.15) is 33.1 Å². The molecule has 0 bridgehead atoms. The third kappa shape index (κ3) is 5.22. The first-order valence-electron chi connectivity index (χ1n) is 7.01. The molecule has 0 spiro atoms. The number of likely N-dealkylation sites (tertiary alicyclic amines) is 1. The van der Waals surface area contributed by atoms with E-state index < -0.39 is 10.0 Å². The van der Waals surface area contributed by atoms with Gasteiger partial charge in [-0.15, -0.1) is 0 Å². The van der Waals surface area contributed by atoms with Crippen LogP contribution in [-0.2, 0) is 10.0 Å². The highest BCUT2D eigenvalue weighted by Gasteiger charge is 2.35. The minimum absolute atomic E-state index is 0.195. The summed E-state index contributed by atoms with van der Waals surface area (Å²) in [5, 5.41) is 3.06. The zero-order chi connectivity index (χ0) is 13.4. The van der Waals surface area contributed by atoms with Gasteiger partial charge >= 0.3 is 0 Å². The number of rotatable bonds is 10. The van der Waals surface area contributed by atoms with Crippen LogP contribution in [0.5, 0.6) is 0 Å². The lowest BCUT2D eigenvalue weighted by Crippen LogP contribution is -2.57. The third-order valence-electron chi connectivity index (χ3n) is 3.39. The minimum Gasteiger partial charge on any atom is -0.317 e. The predicted octanol–water partition coefficient (Wildman–Crippen LogP) is 0.390. The highest BCUT2D eigenvalue weighted by molar-refractivity contribution is 7.90. The number of unbranched alkanes of at least 4 members (excludes halogenated alkanes) is 2. The SMILES string of the molecule is CCNCCCCCNS(=O)(=O)C1CN(CC)C1. The largest absolute Gasteiger partial charge is 0.317 e. The summed E-state index contributed by atoms with van der Waals surface area (Å²) < 4.78 is 26.4. The van der Waals surface area contributed by atoms with Gasteiger partial charge in [0, 0.05) is 19.6 Å². The van der Waals surface area contributed by atoms with E-state index in [2.05, 4.69) is 28.8 Å². The van der Waals surface area contributed by atoms with Gasteiger partial charge in [0.15, 0.2) is 0 Å². The predicted molar refractivity (Wildman–Crippen MR) is 75.2 cm³/mol. The van der Waals surface area contributed by atoms with E-state index in [1.807, 2.05) is 0 Å². The van der Waals surface area contributed by atoms with Crippen molar-refractivity contribution >= 4 is 10.0 Å². The minimum atomic E-state index is -3.07. The number of hydrogen-bond donors (Lipinski definition) is 2. The summed E-state index contributed by atoms with van der Waals surface area (Å²) in [4.78, 5) is 2.14. The van der Waals surface area contributed by atoms with Crippen LogP contribution in [0.15, 0.2) is 0 Å². The summed E-state index contributed by atoms with van der Waals surface area (Å²) in [5.74, 6) is 0. The first-order chi connectivity index (χ1) is 8.60. The molecule has 1 rings (SSSR count). The summed E-state index contributed by atoms with van der Waals surface area (Å²) in [5.41, 5.74) is 0. The molecule has 2 N–H and O–H groups in total. The Hall–Kier alpha value is -0.170. The van der Waals surface area contributed by atoms with Gasteiger partial charge in [-0.2, -0.15) is 0 Å². The van der Waals surface area contributed by atoms with Crippen molar-refractivity contribution in [1.29, 1.82) is 0 Å². The molecule has 0 aromatic heterocycles. The summed E-state index contributed by atoms with van der Waals surface area (Å²) in [6.45, 7) is 9.07. The molecule has 0 aliphatic carbocycles. The fourth-order valence-electron chi connectivity index (χ4n) is 2.04. The fraction of sp³-hybridized carbons (Fsp3) is 1.00. The van der Waals surface area contributed by atoms with Crippen LogP contribution in [0.25, 0.3) is 0 Å². The van der Waals surface area contributed by atoms with Crippen molar-refractivity contribution in [1.82, 2.24) is 14.9 Å². The Morgan fingerprint density at radius 3 is 2.39 bits per heavy atom. The van der Waals surface area contributed by atoms with Crippen LogP contribution in [0, 0.1) is 0 Å². The highest BCUT2D eigenvalue weighted by atomic mass is 32.2. The van der Waals surface area contributed by atoms with Crippen LogP contribution >= 0.6 is 0 Å². The van der Waals surface area contributed by atoms with Gasteiger partial charge in [-0.1, -0.05) is 20.3 Å². The molecule has 0 aromatic rings.